The van der Waals surface area contributed by atoms with E-state index in [4.69, 9.17) is 0 Å². The van der Waals surface area contributed by atoms with Crippen LogP contribution in [0.4, 0.5) is 0 Å². The topological polar surface area (TPSA) is 15.3 Å². The van der Waals surface area contributed by atoms with E-state index in [0.717, 1.165) is 35.6 Å². The Bertz CT molecular complexity index is 291. The summed E-state index contributed by atoms with van der Waals surface area (Å²) in [4.78, 5) is 2.49. The van der Waals surface area contributed by atoms with E-state index >= 15 is 0 Å². The zero-order chi connectivity index (χ0) is 12.8. The summed E-state index contributed by atoms with van der Waals surface area (Å²) < 4.78 is 0. The molecule has 0 amide bonds. The Labute approximate surface area is 118 Å². The van der Waals surface area contributed by atoms with Gasteiger partial charge in [-0.3, -0.25) is 0 Å². The maximum atomic E-state index is 4.03. The summed E-state index contributed by atoms with van der Waals surface area (Å²) >= 11 is 0. The molecule has 0 aromatic heterocycles. The minimum atomic E-state index is 0.896. The molecule has 1 saturated heterocycles. The van der Waals surface area contributed by atoms with Gasteiger partial charge in [-0.25, -0.2) is 0 Å². The van der Waals surface area contributed by atoms with Crippen molar-refractivity contribution < 1.29 is 0 Å². The smallest absolute Gasteiger partial charge is 0.0124 e. The Hall–Kier alpha value is -0.0800. The van der Waals surface area contributed by atoms with Crippen LogP contribution >= 0.6 is 0 Å². The number of rotatable bonds is 3. The van der Waals surface area contributed by atoms with Gasteiger partial charge in [-0.15, -0.1) is 0 Å². The first-order chi connectivity index (χ1) is 9.28. The van der Waals surface area contributed by atoms with Crippen LogP contribution in [0, 0.1) is 29.6 Å². The van der Waals surface area contributed by atoms with Crippen LogP contribution in [0.15, 0.2) is 0 Å². The lowest BCUT2D eigenvalue weighted by atomic mass is 9.54. The molecular weight excluding hydrogens is 232 g/mol. The first kappa shape index (κ1) is 12.6. The average molecular weight is 262 g/mol. The van der Waals surface area contributed by atoms with Crippen molar-refractivity contribution in [3.63, 3.8) is 0 Å². The normalized spacial score (nSPS) is 46.9. The summed E-state index contributed by atoms with van der Waals surface area (Å²) in [6, 6.07) is 0.896. The molecule has 0 unspecified atom stereocenters. The number of piperidine rings is 1. The fourth-order valence-electron chi connectivity index (χ4n) is 5.83. The molecule has 4 bridgehead atoms. The largest absolute Gasteiger partial charge is 0.313 e. The van der Waals surface area contributed by atoms with Crippen molar-refractivity contribution >= 4 is 0 Å². The van der Waals surface area contributed by atoms with E-state index in [2.05, 4.69) is 17.3 Å². The maximum absolute atomic E-state index is 4.03. The zero-order valence-electron chi connectivity index (χ0n) is 12.5. The van der Waals surface area contributed by atoms with Crippen molar-refractivity contribution in [1.29, 1.82) is 0 Å². The predicted molar refractivity (Wildman–Crippen MR) is 79.1 cm³/mol. The van der Waals surface area contributed by atoms with E-state index in [1.54, 1.807) is 32.1 Å². The van der Waals surface area contributed by atoms with Gasteiger partial charge in [0.2, 0.25) is 0 Å². The molecule has 1 aliphatic heterocycles. The maximum Gasteiger partial charge on any atom is 0.0124 e. The second-order valence-corrected chi connectivity index (χ2v) is 8.11. The molecule has 5 aliphatic rings. The van der Waals surface area contributed by atoms with E-state index in [-0.39, 0.29) is 0 Å². The van der Waals surface area contributed by atoms with Crippen LogP contribution in [0.2, 0.25) is 0 Å². The summed E-state index contributed by atoms with van der Waals surface area (Å²) in [6.07, 6.45) is 10.6. The summed E-state index contributed by atoms with van der Waals surface area (Å²) in [6.45, 7) is 3.93. The van der Waals surface area contributed by atoms with Crippen LogP contribution in [-0.4, -0.2) is 37.6 Å². The summed E-state index contributed by atoms with van der Waals surface area (Å²) in [5.74, 6) is 5.27. The highest BCUT2D eigenvalue weighted by molar-refractivity contribution is 5.01. The monoisotopic (exact) mass is 262 g/mol. The average Bonchev–Trinajstić information content (AvgIpc) is 2.39. The molecule has 0 radical (unpaired) electrons. The Morgan fingerprint density at radius 1 is 0.895 bits per heavy atom. The van der Waals surface area contributed by atoms with Gasteiger partial charge >= 0.3 is 0 Å². The molecule has 2 nitrogen and oxygen atoms in total. The Balaban J connectivity index is 1.31. The highest BCUT2D eigenvalue weighted by atomic mass is 15.1. The molecule has 0 atom stereocenters. The Kier molecular flexibility index (Phi) is 3.35. The molecule has 4 aliphatic carbocycles. The first-order valence-corrected chi connectivity index (χ1v) is 8.70. The number of hydrogen-bond donors (Lipinski definition) is 1. The number of likely N-dealkylation sites (tertiary alicyclic amines) is 1. The van der Waals surface area contributed by atoms with E-state index in [0.29, 0.717) is 0 Å². The van der Waals surface area contributed by atoms with Crippen molar-refractivity contribution in [2.24, 2.45) is 29.6 Å². The lowest BCUT2D eigenvalue weighted by Gasteiger charge is -2.55. The molecule has 5 rings (SSSR count). The highest BCUT2D eigenvalue weighted by Crippen LogP contribution is 2.53. The summed E-state index contributed by atoms with van der Waals surface area (Å²) in [5.41, 5.74) is 0. The molecule has 5 fully saturated rings. The van der Waals surface area contributed by atoms with E-state index in [1.165, 1.54) is 32.5 Å². The second kappa shape index (κ2) is 5.04. The van der Waals surface area contributed by atoms with Crippen LogP contribution in [0.1, 0.15) is 44.9 Å². The third kappa shape index (κ3) is 2.47. The van der Waals surface area contributed by atoms with Gasteiger partial charge in [0.25, 0.3) is 0 Å². The van der Waals surface area contributed by atoms with Crippen LogP contribution in [0.5, 0.6) is 0 Å². The number of hydrogen-bond acceptors (Lipinski definition) is 2. The molecule has 4 saturated carbocycles. The van der Waals surface area contributed by atoms with Crippen molar-refractivity contribution in [1.82, 2.24) is 10.2 Å². The van der Waals surface area contributed by atoms with Crippen molar-refractivity contribution in [3.05, 3.63) is 0 Å². The van der Waals surface area contributed by atoms with Gasteiger partial charge in [0.05, 0.1) is 0 Å². The van der Waals surface area contributed by atoms with E-state index in [9.17, 15) is 0 Å². The molecule has 0 aromatic rings. The van der Waals surface area contributed by atoms with Crippen molar-refractivity contribution in [3.8, 4) is 0 Å². The molecule has 19 heavy (non-hydrogen) atoms. The van der Waals surface area contributed by atoms with Crippen molar-refractivity contribution in [2.45, 2.75) is 51.0 Å². The third-order valence-electron chi connectivity index (χ3n) is 6.71. The molecule has 2 heteroatoms. The lowest BCUT2D eigenvalue weighted by molar-refractivity contribution is -0.0155. The van der Waals surface area contributed by atoms with Crippen LogP contribution in [-0.2, 0) is 0 Å². The van der Waals surface area contributed by atoms with Crippen LogP contribution < -0.4 is 5.32 Å². The zero-order valence-corrected chi connectivity index (χ0v) is 12.5. The van der Waals surface area contributed by atoms with Gasteiger partial charge in [-0.1, -0.05) is 0 Å². The minimum absolute atomic E-state index is 0.896. The molecular formula is C17H30N2. The van der Waals surface area contributed by atoms with Crippen molar-refractivity contribution in [2.75, 3.05) is 26.7 Å². The summed E-state index contributed by atoms with van der Waals surface area (Å²) in [5, 5.41) is 4.03. The lowest BCUT2D eigenvalue weighted by Crippen LogP contribution is -2.55. The molecule has 108 valence electrons. The van der Waals surface area contributed by atoms with Gasteiger partial charge in [0.1, 0.15) is 0 Å². The Morgan fingerprint density at radius 2 is 1.47 bits per heavy atom. The van der Waals surface area contributed by atoms with Crippen LogP contribution in [0.25, 0.3) is 0 Å². The molecule has 1 heterocycles. The van der Waals surface area contributed by atoms with Gasteiger partial charge < -0.3 is 10.2 Å². The Morgan fingerprint density at radius 3 is 2.05 bits per heavy atom. The number of nitrogens with zero attached hydrogens (tertiary/aromatic N) is 1. The highest BCUT2D eigenvalue weighted by Gasteiger charge is 2.47. The predicted octanol–water partition coefficient (Wildman–Crippen LogP) is 2.74. The standard InChI is InChI=1S/C17H30N2/c1-19-4-2-12(3-5-19)11-18-17-15-7-13-6-14(9-15)10-16(17)8-13/h12-18H,2-11H2,1H3. The minimum Gasteiger partial charge on any atom is -0.313 e. The van der Waals surface area contributed by atoms with Gasteiger partial charge in [0.15, 0.2) is 0 Å². The molecule has 1 N–H and O–H groups in total. The number of nitrogens with one attached hydrogen (secondary N) is 1. The first-order valence-electron chi connectivity index (χ1n) is 8.70. The van der Waals surface area contributed by atoms with Gasteiger partial charge in [-0.05, 0) is 101 Å². The van der Waals surface area contributed by atoms with E-state index < -0.39 is 0 Å². The fourth-order valence-corrected chi connectivity index (χ4v) is 5.83. The van der Waals surface area contributed by atoms with E-state index in [1.807, 2.05) is 0 Å². The van der Waals surface area contributed by atoms with Gasteiger partial charge in [0, 0.05) is 6.04 Å². The van der Waals surface area contributed by atoms with Crippen LogP contribution in [0.3, 0.4) is 0 Å². The fraction of sp³-hybridized carbons (Fsp3) is 1.00. The summed E-state index contributed by atoms with van der Waals surface area (Å²) in [7, 11) is 2.27. The molecule has 0 spiro atoms. The third-order valence-corrected chi connectivity index (χ3v) is 6.71. The SMILES string of the molecule is CN1CCC(CNC2C3CC4CC(C3)CC2C4)CC1. The second-order valence-electron chi connectivity index (χ2n) is 8.11. The quantitative estimate of drug-likeness (QED) is 0.841. The van der Waals surface area contributed by atoms with Gasteiger partial charge in [-0.2, -0.15) is 0 Å². The molecule has 0 aromatic carbocycles.